The van der Waals surface area contributed by atoms with Crippen molar-refractivity contribution in [1.29, 1.82) is 0 Å². The van der Waals surface area contributed by atoms with Crippen LogP contribution in [0.5, 0.6) is 11.5 Å². The van der Waals surface area contributed by atoms with Crippen molar-refractivity contribution in [2.24, 2.45) is 0 Å². The average Bonchev–Trinajstić information content (AvgIpc) is 2.96. The van der Waals surface area contributed by atoms with Crippen LogP contribution in [-0.2, 0) is 15.0 Å². The largest absolute Gasteiger partial charge is 0.507 e. The Morgan fingerprint density at radius 1 is 1.00 bits per heavy atom. The molecule has 30 heavy (non-hydrogen) atoms. The minimum atomic E-state index is -0.699. The first kappa shape index (κ1) is 20.0. The van der Waals surface area contributed by atoms with Gasteiger partial charge in [0.05, 0.1) is 11.6 Å². The summed E-state index contributed by atoms with van der Waals surface area (Å²) in [7, 11) is 1.58. The number of likely N-dealkylation sites (N-methyl/N-ethyl adjacent to an activating group) is 1. The van der Waals surface area contributed by atoms with Crippen LogP contribution in [0.25, 0.3) is 5.76 Å². The number of aliphatic hydroxyl groups is 1. The van der Waals surface area contributed by atoms with Gasteiger partial charge in [0.25, 0.3) is 11.7 Å². The van der Waals surface area contributed by atoms with Gasteiger partial charge in [-0.1, -0.05) is 45.0 Å². The van der Waals surface area contributed by atoms with Gasteiger partial charge in [-0.05, 0) is 34.7 Å². The summed E-state index contributed by atoms with van der Waals surface area (Å²) in [6, 6.07) is 12.1. The zero-order chi connectivity index (χ0) is 21.6. The molecule has 0 bridgehead atoms. The fraction of sp³-hybridized carbons (Fsp3) is 0.333. The first-order valence-electron chi connectivity index (χ1n) is 9.93. The number of nitrogens with zero attached hydrogens (tertiary/aromatic N) is 1. The Hall–Kier alpha value is -3.28. The van der Waals surface area contributed by atoms with Gasteiger partial charge in [-0.15, -0.1) is 0 Å². The van der Waals surface area contributed by atoms with Crippen LogP contribution in [0, 0.1) is 0 Å². The maximum atomic E-state index is 12.8. The molecule has 6 heteroatoms. The molecule has 2 aliphatic rings. The van der Waals surface area contributed by atoms with E-state index in [2.05, 4.69) is 20.8 Å². The maximum Gasteiger partial charge on any atom is 0.295 e. The van der Waals surface area contributed by atoms with Gasteiger partial charge in [-0.25, -0.2) is 0 Å². The SMILES string of the molecule is CN1C(=O)C(=O)/C(=C(/O)c2ccc3c(c2)OCCO3)C1c1ccc(C(C)(C)C)cc1. The van der Waals surface area contributed by atoms with Crippen LogP contribution in [0.4, 0.5) is 0 Å². The van der Waals surface area contributed by atoms with Crippen molar-refractivity contribution < 1.29 is 24.2 Å². The summed E-state index contributed by atoms with van der Waals surface area (Å²) in [5, 5.41) is 11.0. The highest BCUT2D eigenvalue weighted by Gasteiger charge is 2.44. The number of rotatable bonds is 2. The first-order chi connectivity index (χ1) is 14.2. The molecule has 1 amide bonds. The summed E-state index contributed by atoms with van der Waals surface area (Å²) in [5.41, 5.74) is 2.37. The van der Waals surface area contributed by atoms with Crippen molar-refractivity contribution in [3.05, 3.63) is 64.7 Å². The fourth-order valence-corrected chi connectivity index (χ4v) is 3.85. The minimum absolute atomic E-state index is 0.0161. The summed E-state index contributed by atoms with van der Waals surface area (Å²) in [6.45, 7) is 7.24. The molecule has 0 aromatic heterocycles. The second-order valence-corrected chi connectivity index (χ2v) is 8.64. The van der Waals surface area contributed by atoms with Gasteiger partial charge in [0.2, 0.25) is 0 Å². The molecule has 0 aliphatic carbocycles. The molecule has 2 aromatic rings. The van der Waals surface area contributed by atoms with Crippen LogP contribution < -0.4 is 9.47 Å². The van der Waals surface area contributed by atoms with E-state index in [1.54, 1.807) is 25.2 Å². The smallest absolute Gasteiger partial charge is 0.295 e. The highest BCUT2D eigenvalue weighted by molar-refractivity contribution is 6.46. The Labute approximate surface area is 175 Å². The zero-order valence-electron chi connectivity index (χ0n) is 17.6. The predicted molar refractivity (Wildman–Crippen MR) is 113 cm³/mol. The third-order valence-corrected chi connectivity index (χ3v) is 5.58. The highest BCUT2D eigenvalue weighted by Crippen LogP contribution is 2.40. The van der Waals surface area contributed by atoms with Crippen molar-refractivity contribution in [1.82, 2.24) is 4.90 Å². The Morgan fingerprint density at radius 2 is 1.63 bits per heavy atom. The molecule has 1 fully saturated rings. The molecule has 6 nitrogen and oxygen atoms in total. The molecular formula is C24H25NO5. The number of amides is 1. The molecule has 1 unspecified atom stereocenters. The Balaban J connectivity index is 1.79. The lowest BCUT2D eigenvalue weighted by Crippen LogP contribution is -2.25. The number of likely N-dealkylation sites (tertiary alicyclic amines) is 1. The van der Waals surface area contributed by atoms with Crippen LogP contribution in [0.15, 0.2) is 48.0 Å². The van der Waals surface area contributed by atoms with Gasteiger partial charge < -0.3 is 19.5 Å². The molecule has 1 atom stereocenters. The first-order valence-corrected chi connectivity index (χ1v) is 9.93. The summed E-state index contributed by atoms with van der Waals surface area (Å²) in [4.78, 5) is 26.6. The maximum absolute atomic E-state index is 12.8. The van der Waals surface area contributed by atoms with E-state index in [1.165, 1.54) is 4.90 Å². The second kappa shape index (κ2) is 7.20. The van der Waals surface area contributed by atoms with Crippen LogP contribution in [0.3, 0.4) is 0 Å². The molecule has 156 valence electrons. The average molecular weight is 407 g/mol. The van der Waals surface area contributed by atoms with Gasteiger partial charge in [0, 0.05) is 12.6 Å². The lowest BCUT2D eigenvalue weighted by atomic mass is 9.85. The topological polar surface area (TPSA) is 76.1 Å². The van der Waals surface area contributed by atoms with Gasteiger partial charge >= 0.3 is 0 Å². The molecule has 2 heterocycles. The molecule has 1 saturated heterocycles. The zero-order valence-corrected chi connectivity index (χ0v) is 17.6. The number of aliphatic hydroxyl groups excluding tert-OH is 1. The lowest BCUT2D eigenvalue weighted by Gasteiger charge is -2.24. The third kappa shape index (κ3) is 3.32. The quantitative estimate of drug-likeness (QED) is 0.465. The van der Waals surface area contributed by atoms with Crippen LogP contribution in [-0.4, -0.2) is 42.0 Å². The normalized spacial score (nSPS) is 20.5. The number of carbonyl (C=O) groups excluding carboxylic acids is 2. The molecule has 0 radical (unpaired) electrons. The van der Waals surface area contributed by atoms with Crippen molar-refractivity contribution >= 4 is 17.4 Å². The van der Waals surface area contributed by atoms with Gasteiger partial charge in [-0.2, -0.15) is 0 Å². The Bertz CT molecular complexity index is 1050. The molecule has 2 aliphatic heterocycles. The Kier molecular flexibility index (Phi) is 4.80. The predicted octanol–water partition coefficient (Wildman–Crippen LogP) is 3.81. The number of ether oxygens (including phenoxy) is 2. The van der Waals surface area contributed by atoms with Crippen molar-refractivity contribution in [3.8, 4) is 11.5 Å². The molecule has 0 spiro atoms. The van der Waals surface area contributed by atoms with E-state index in [-0.39, 0.29) is 16.7 Å². The Morgan fingerprint density at radius 3 is 2.27 bits per heavy atom. The monoisotopic (exact) mass is 407 g/mol. The molecule has 2 aromatic carbocycles. The van der Waals surface area contributed by atoms with Crippen molar-refractivity contribution in [2.45, 2.75) is 32.2 Å². The van der Waals surface area contributed by atoms with Crippen LogP contribution in [0.2, 0.25) is 0 Å². The molecular weight excluding hydrogens is 382 g/mol. The second-order valence-electron chi connectivity index (χ2n) is 8.64. The molecule has 0 saturated carbocycles. The highest BCUT2D eigenvalue weighted by atomic mass is 16.6. The van der Waals surface area contributed by atoms with Gasteiger partial charge in [0.15, 0.2) is 11.5 Å². The third-order valence-electron chi connectivity index (χ3n) is 5.58. The number of hydrogen-bond acceptors (Lipinski definition) is 5. The standard InChI is InChI=1S/C24H25NO5/c1-24(2,3)16-8-5-14(6-9-16)20-19(22(27)23(28)25(20)4)21(26)15-7-10-17-18(13-15)30-12-11-29-17/h5-10,13,20,26H,11-12H2,1-4H3/b21-19+. The number of Topliss-reactive ketones (excluding diaryl/α,β-unsaturated/α-hetero) is 1. The van der Waals surface area contributed by atoms with Crippen LogP contribution in [0.1, 0.15) is 43.5 Å². The van der Waals surface area contributed by atoms with Crippen molar-refractivity contribution in [3.63, 3.8) is 0 Å². The van der Waals surface area contributed by atoms with Crippen molar-refractivity contribution in [2.75, 3.05) is 20.3 Å². The number of benzene rings is 2. The number of ketones is 1. The summed E-state index contributed by atoms with van der Waals surface area (Å²) >= 11 is 0. The number of hydrogen-bond donors (Lipinski definition) is 1. The number of carbonyl (C=O) groups is 2. The summed E-state index contributed by atoms with van der Waals surface area (Å²) in [6.07, 6.45) is 0. The van der Waals surface area contributed by atoms with Crippen LogP contribution >= 0.6 is 0 Å². The minimum Gasteiger partial charge on any atom is -0.507 e. The van der Waals surface area contributed by atoms with E-state index in [0.29, 0.717) is 30.3 Å². The number of fused-ring (bicyclic) bond motifs is 1. The fourth-order valence-electron chi connectivity index (χ4n) is 3.85. The van der Waals surface area contributed by atoms with Gasteiger partial charge in [-0.3, -0.25) is 9.59 Å². The van der Waals surface area contributed by atoms with Gasteiger partial charge in [0.1, 0.15) is 19.0 Å². The summed E-state index contributed by atoms with van der Waals surface area (Å²) < 4.78 is 11.1. The lowest BCUT2D eigenvalue weighted by molar-refractivity contribution is -0.139. The van der Waals surface area contributed by atoms with E-state index in [9.17, 15) is 14.7 Å². The van der Waals surface area contributed by atoms with E-state index >= 15 is 0 Å². The van der Waals surface area contributed by atoms with E-state index in [4.69, 9.17) is 9.47 Å². The summed E-state index contributed by atoms with van der Waals surface area (Å²) in [5.74, 6) is -0.474. The van der Waals surface area contributed by atoms with E-state index in [0.717, 1.165) is 11.1 Å². The molecule has 1 N–H and O–H groups in total. The van der Waals surface area contributed by atoms with E-state index < -0.39 is 17.7 Å². The molecule has 4 rings (SSSR count). The van der Waals surface area contributed by atoms with E-state index in [1.807, 2.05) is 24.3 Å².